The maximum atomic E-state index is 12.1. The van der Waals surface area contributed by atoms with Crippen LogP contribution in [0.4, 0.5) is 0 Å². The van der Waals surface area contributed by atoms with Crippen molar-refractivity contribution in [3.63, 3.8) is 0 Å². The minimum Gasteiger partial charge on any atom is -0.343 e. The predicted molar refractivity (Wildman–Crippen MR) is 82.2 cm³/mol. The Morgan fingerprint density at radius 1 is 1.05 bits per heavy atom. The van der Waals surface area contributed by atoms with E-state index in [2.05, 4.69) is 25.7 Å². The van der Waals surface area contributed by atoms with Gasteiger partial charge >= 0.3 is 0 Å². The van der Waals surface area contributed by atoms with Gasteiger partial charge in [-0.2, -0.15) is 0 Å². The van der Waals surface area contributed by atoms with Crippen molar-refractivity contribution >= 4 is 5.91 Å². The number of hydrogen-bond donors (Lipinski definition) is 1. The SMILES string of the molecule is CCCC(N)CC(=O)N(CC)CCCN(CC)CC. The van der Waals surface area contributed by atoms with Crippen LogP contribution in [0.1, 0.15) is 53.4 Å². The van der Waals surface area contributed by atoms with Gasteiger partial charge in [-0.3, -0.25) is 4.79 Å². The Labute approximate surface area is 119 Å². The first kappa shape index (κ1) is 18.4. The van der Waals surface area contributed by atoms with E-state index in [9.17, 15) is 4.79 Å². The summed E-state index contributed by atoms with van der Waals surface area (Å²) in [5.41, 5.74) is 5.94. The Morgan fingerprint density at radius 2 is 1.68 bits per heavy atom. The molecule has 0 saturated heterocycles. The smallest absolute Gasteiger partial charge is 0.224 e. The van der Waals surface area contributed by atoms with Crippen molar-refractivity contribution in [1.29, 1.82) is 0 Å². The lowest BCUT2D eigenvalue weighted by atomic mass is 10.1. The summed E-state index contributed by atoms with van der Waals surface area (Å²) >= 11 is 0. The summed E-state index contributed by atoms with van der Waals surface area (Å²) < 4.78 is 0. The second kappa shape index (κ2) is 11.2. The molecular weight excluding hydrogens is 238 g/mol. The van der Waals surface area contributed by atoms with Crippen LogP contribution in [-0.2, 0) is 4.79 Å². The van der Waals surface area contributed by atoms with E-state index in [1.165, 1.54) is 0 Å². The van der Waals surface area contributed by atoms with Gasteiger partial charge in [0.15, 0.2) is 0 Å². The summed E-state index contributed by atoms with van der Waals surface area (Å²) in [4.78, 5) is 16.4. The number of nitrogens with zero attached hydrogens (tertiary/aromatic N) is 2. The minimum absolute atomic E-state index is 0.0225. The van der Waals surface area contributed by atoms with Crippen LogP contribution in [0.5, 0.6) is 0 Å². The molecule has 4 nitrogen and oxygen atoms in total. The lowest BCUT2D eigenvalue weighted by Gasteiger charge is -2.24. The third-order valence-corrected chi connectivity index (χ3v) is 3.63. The Hall–Kier alpha value is -0.610. The molecule has 1 amide bonds. The largest absolute Gasteiger partial charge is 0.343 e. The zero-order chi connectivity index (χ0) is 14.7. The Bertz CT molecular complexity index is 229. The van der Waals surface area contributed by atoms with Crippen molar-refractivity contribution in [2.24, 2.45) is 5.73 Å². The highest BCUT2D eigenvalue weighted by Gasteiger charge is 2.15. The highest BCUT2D eigenvalue weighted by atomic mass is 16.2. The molecule has 0 aliphatic carbocycles. The molecule has 1 atom stereocenters. The molecule has 2 N–H and O–H groups in total. The molecular formula is C15H33N3O. The molecule has 0 spiro atoms. The van der Waals surface area contributed by atoms with E-state index >= 15 is 0 Å². The lowest BCUT2D eigenvalue weighted by Crippen LogP contribution is -2.37. The van der Waals surface area contributed by atoms with Gasteiger partial charge in [0.1, 0.15) is 0 Å². The van der Waals surface area contributed by atoms with Crippen LogP contribution in [-0.4, -0.2) is 54.5 Å². The monoisotopic (exact) mass is 271 g/mol. The molecule has 0 saturated carbocycles. The normalized spacial score (nSPS) is 12.7. The van der Waals surface area contributed by atoms with Crippen LogP contribution in [0.3, 0.4) is 0 Å². The Balaban J connectivity index is 4.01. The molecule has 0 heterocycles. The molecule has 0 rings (SSSR count). The van der Waals surface area contributed by atoms with Gasteiger partial charge in [0.25, 0.3) is 0 Å². The van der Waals surface area contributed by atoms with Gasteiger partial charge in [0.2, 0.25) is 5.91 Å². The van der Waals surface area contributed by atoms with Gasteiger partial charge in [-0.05, 0) is 39.4 Å². The molecule has 0 aliphatic rings. The average molecular weight is 271 g/mol. The fourth-order valence-electron chi connectivity index (χ4n) is 2.31. The molecule has 4 heteroatoms. The second-order valence-electron chi connectivity index (χ2n) is 5.11. The third kappa shape index (κ3) is 8.22. The first-order valence-electron chi connectivity index (χ1n) is 7.84. The third-order valence-electron chi connectivity index (χ3n) is 3.63. The van der Waals surface area contributed by atoms with Crippen LogP contribution in [0.2, 0.25) is 0 Å². The topological polar surface area (TPSA) is 49.6 Å². The summed E-state index contributed by atoms with van der Waals surface area (Å²) in [7, 11) is 0. The first-order chi connectivity index (χ1) is 9.08. The molecule has 0 fully saturated rings. The van der Waals surface area contributed by atoms with Crippen molar-refractivity contribution in [1.82, 2.24) is 9.80 Å². The number of amides is 1. The van der Waals surface area contributed by atoms with Gasteiger partial charge in [0, 0.05) is 25.6 Å². The molecule has 0 aromatic heterocycles. The fourth-order valence-corrected chi connectivity index (χ4v) is 2.31. The van der Waals surface area contributed by atoms with E-state index in [-0.39, 0.29) is 11.9 Å². The minimum atomic E-state index is 0.0225. The first-order valence-corrected chi connectivity index (χ1v) is 7.84. The molecule has 0 aromatic carbocycles. The number of hydrogen-bond acceptors (Lipinski definition) is 3. The maximum Gasteiger partial charge on any atom is 0.224 e. The van der Waals surface area contributed by atoms with E-state index in [1.54, 1.807) is 0 Å². The van der Waals surface area contributed by atoms with Crippen LogP contribution >= 0.6 is 0 Å². The quantitative estimate of drug-likeness (QED) is 0.626. The molecule has 0 radical (unpaired) electrons. The number of nitrogens with two attached hydrogens (primary N) is 1. The van der Waals surface area contributed by atoms with Crippen LogP contribution in [0.15, 0.2) is 0 Å². The van der Waals surface area contributed by atoms with Crippen molar-refractivity contribution in [3.05, 3.63) is 0 Å². The summed E-state index contributed by atoms with van der Waals surface area (Å²) in [5, 5.41) is 0. The summed E-state index contributed by atoms with van der Waals surface area (Å²) in [6.07, 6.45) is 3.52. The zero-order valence-corrected chi connectivity index (χ0v) is 13.3. The highest BCUT2D eigenvalue weighted by Crippen LogP contribution is 2.04. The van der Waals surface area contributed by atoms with Crippen molar-refractivity contribution in [2.45, 2.75) is 59.4 Å². The van der Waals surface area contributed by atoms with Crippen molar-refractivity contribution in [3.8, 4) is 0 Å². The van der Waals surface area contributed by atoms with E-state index in [0.717, 1.165) is 52.0 Å². The number of rotatable bonds is 11. The van der Waals surface area contributed by atoms with Gasteiger partial charge in [0.05, 0.1) is 0 Å². The maximum absolute atomic E-state index is 12.1. The fraction of sp³-hybridized carbons (Fsp3) is 0.933. The molecule has 19 heavy (non-hydrogen) atoms. The van der Waals surface area contributed by atoms with Crippen LogP contribution < -0.4 is 5.73 Å². The van der Waals surface area contributed by atoms with E-state index in [1.807, 2.05) is 11.8 Å². The lowest BCUT2D eigenvalue weighted by molar-refractivity contribution is -0.131. The van der Waals surface area contributed by atoms with E-state index < -0.39 is 0 Å². The van der Waals surface area contributed by atoms with E-state index in [0.29, 0.717) is 6.42 Å². The molecule has 0 aromatic rings. The standard InChI is InChI=1S/C15H33N3O/c1-5-10-14(16)13-15(19)18(8-4)12-9-11-17(6-2)7-3/h14H,5-13,16H2,1-4H3. The second-order valence-corrected chi connectivity index (χ2v) is 5.11. The molecule has 114 valence electrons. The Morgan fingerprint density at radius 3 is 2.16 bits per heavy atom. The van der Waals surface area contributed by atoms with Crippen molar-refractivity contribution in [2.75, 3.05) is 32.7 Å². The average Bonchev–Trinajstić information content (AvgIpc) is 2.39. The zero-order valence-electron chi connectivity index (χ0n) is 13.3. The van der Waals surface area contributed by atoms with Gasteiger partial charge in [-0.1, -0.05) is 27.2 Å². The van der Waals surface area contributed by atoms with Gasteiger partial charge in [-0.15, -0.1) is 0 Å². The molecule has 1 unspecified atom stereocenters. The van der Waals surface area contributed by atoms with Crippen LogP contribution in [0.25, 0.3) is 0 Å². The summed E-state index contributed by atoms with van der Waals surface area (Å²) in [6, 6.07) is 0.0225. The van der Waals surface area contributed by atoms with Crippen LogP contribution in [0, 0.1) is 0 Å². The number of carbonyl (C=O) groups is 1. The highest BCUT2D eigenvalue weighted by molar-refractivity contribution is 5.76. The molecule has 0 bridgehead atoms. The summed E-state index contributed by atoms with van der Waals surface area (Å²) in [6.45, 7) is 13.4. The summed E-state index contributed by atoms with van der Waals surface area (Å²) in [5.74, 6) is 0.211. The molecule has 0 aliphatic heterocycles. The van der Waals surface area contributed by atoms with E-state index in [4.69, 9.17) is 5.73 Å². The predicted octanol–water partition coefficient (Wildman–Crippen LogP) is 2.08. The van der Waals surface area contributed by atoms with Gasteiger partial charge < -0.3 is 15.5 Å². The number of carbonyl (C=O) groups excluding carboxylic acids is 1. The van der Waals surface area contributed by atoms with Crippen molar-refractivity contribution < 1.29 is 4.79 Å². The Kier molecular flexibility index (Phi) is 10.9. The van der Waals surface area contributed by atoms with Gasteiger partial charge in [-0.25, -0.2) is 0 Å².